The molecule has 0 saturated carbocycles. The summed E-state index contributed by atoms with van der Waals surface area (Å²) in [6.45, 7) is 0. The molecule has 0 aromatic carbocycles. The van der Waals surface area contributed by atoms with Gasteiger partial charge >= 0.3 is 17.1 Å². The van der Waals surface area contributed by atoms with Gasteiger partial charge in [0.1, 0.15) is 0 Å². The van der Waals surface area contributed by atoms with Gasteiger partial charge in [0, 0.05) is 0 Å². The summed E-state index contributed by atoms with van der Waals surface area (Å²) in [7, 11) is 0. The largest absolute Gasteiger partial charge is 1.00 e. The summed E-state index contributed by atoms with van der Waals surface area (Å²) < 4.78 is 0. The molecule has 7 heavy (non-hydrogen) atoms. The molecule has 0 spiro atoms. The summed E-state index contributed by atoms with van der Waals surface area (Å²) >= 11 is 0. The molecular weight excluding hydrogens is 144 g/mol. The van der Waals surface area contributed by atoms with Gasteiger partial charge in [-0.1, -0.05) is 0 Å². The van der Waals surface area contributed by atoms with Crippen LogP contribution in [-0.2, 0) is 17.1 Å². The summed E-state index contributed by atoms with van der Waals surface area (Å²) in [5.41, 5.74) is 0. The van der Waals surface area contributed by atoms with Crippen LogP contribution in [-0.4, -0.2) is 15.2 Å². The van der Waals surface area contributed by atoms with E-state index < -0.39 is 0 Å². The summed E-state index contributed by atoms with van der Waals surface area (Å²) in [4.78, 5) is 0.750. The number of hydrogen-bond acceptors (Lipinski definition) is 2. The van der Waals surface area contributed by atoms with E-state index in [-0.39, 0.29) is 17.1 Å². The van der Waals surface area contributed by atoms with E-state index in [9.17, 15) is 0 Å². The average molecular weight is 148 g/mol. The number of rotatable bonds is 0. The molecule has 0 radical (unpaired) electrons. The maximum atomic E-state index is 8.28. The molecular formula is C3H4CuN2O+. The number of hydrogen-bond donors (Lipinski definition) is 1. The van der Waals surface area contributed by atoms with Crippen LogP contribution in [0.1, 0.15) is 0 Å². The number of nitrogens with zero attached hydrogens (tertiary/aromatic N) is 2. The van der Waals surface area contributed by atoms with Gasteiger partial charge in [0.2, 0.25) is 0 Å². The van der Waals surface area contributed by atoms with Crippen LogP contribution in [0, 0.1) is 0 Å². The van der Waals surface area contributed by atoms with Gasteiger partial charge in [0.15, 0.2) is 0 Å². The minimum atomic E-state index is 0. The average Bonchev–Trinajstić information content (AvgIpc) is 1.86. The normalized spacial score (nSPS) is 7.43. The fraction of sp³-hybridized carbons (Fsp3) is 0. The van der Waals surface area contributed by atoms with Crippen LogP contribution >= 0.6 is 0 Å². The van der Waals surface area contributed by atoms with Gasteiger partial charge in [-0.3, -0.25) is 0 Å². The van der Waals surface area contributed by atoms with Crippen LogP contribution in [0.5, 0.6) is 0 Å². The minimum Gasteiger partial charge on any atom is -0.412 e. The molecule has 0 saturated heterocycles. The Morgan fingerprint density at radius 3 is 2.43 bits per heavy atom. The van der Waals surface area contributed by atoms with Crippen molar-refractivity contribution in [3.8, 4) is 0 Å². The van der Waals surface area contributed by atoms with Crippen LogP contribution in [0.15, 0.2) is 18.5 Å². The zero-order valence-corrected chi connectivity index (χ0v) is 4.32. The molecule has 1 N–H and O–H groups in total. The molecule has 3 nitrogen and oxygen atoms in total. The molecule has 0 bridgehead atoms. The fourth-order valence-electron chi connectivity index (χ4n) is 0.261. The Balaban J connectivity index is 0.000000360. The first kappa shape index (κ1) is 6.53. The molecule has 0 amide bonds. The van der Waals surface area contributed by atoms with Gasteiger partial charge in [-0.05, 0) is 6.07 Å². The van der Waals surface area contributed by atoms with Gasteiger partial charge in [-0.25, -0.2) is 0 Å². The van der Waals surface area contributed by atoms with Crippen LogP contribution in [0.3, 0.4) is 0 Å². The maximum absolute atomic E-state index is 8.28. The predicted molar refractivity (Wildman–Crippen MR) is 19.4 cm³/mol. The summed E-state index contributed by atoms with van der Waals surface area (Å²) in [5, 5.41) is 11.7. The van der Waals surface area contributed by atoms with Crippen molar-refractivity contribution in [3.05, 3.63) is 18.5 Å². The Labute approximate surface area is 51.4 Å². The summed E-state index contributed by atoms with van der Waals surface area (Å²) in [6, 6.07) is 1.64. The Morgan fingerprint density at radius 2 is 2.29 bits per heavy atom. The van der Waals surface area contributed by atoms with E-state index in [1.807, 2.05) is 0 Å². The van der Waals surface area contributed by atoms with Crippen LogP contribution in [0.25, 0.3) is 0 Å². The van der Waals surface area contributed by atoms with Crippen molar-refractivity contribution in [3.63, 3.8) is 0 Å². The second kappa shape index (κ2) is 2.66. The quantitative estimate of drug-likeness (QED) is 0.418. The standard InChI is InChI=1S/C3H4N2O.Cu/c6-5-3-1-2-4-5;/h1-3,6H;/q;+1. The van der Waals surface area contributed by atoms with E-state index in [1.165, 1.54) is 12.4 Å². The Bertz CT molecular complexity index is 116. The first-order valence-electron chi connectivity index (χ1n) is 1.58. The second-order valence-electron chi connectivity index (χ2n) is 0.926. The van der Waals surface area contributed by atoms with E-state index in [4.69, 9.17) is 5.21 Å². The van der Waals surface area contributed by atoms with Gasteiger partial charge in [0.05, 0.1) is 12.4 Å². The molecule has 4 heteroatoms. The zero-order valence-electron chi connectivity index (χ0n) is 3.38. The van der Waals surface area contributed by atoms with Gasteiger partial charge in [-0.15, -0.1) is 9.94 Å². The third kappa shape index (κ3) is 1.62. The molecule has 0 aliphatic heterocycles. The van der Waals surface area contributed by atoms with Crippen molar-refractivity contribution in [1.29, 1.82) is 0 Å². The first-order valence-corrected chi connectivity index (χ1v) is 1.58. The predicted octanol–water partition coefficient (Wildman–Crippen LogP) is 0.118. The summed E-state index contributed by atoms with van der Waals surface area (Å²) in [6.07, 6.45) is 2.94. The monoisotopic (exact) mass is 147 g/mol. The molecule has 0 aliphatic carbocycles. The molecule has 42 valence electrons. The second-order valence-corrected chi connectivity index (χ2v) is 0.926. The van der Waals surface area contributed by atoms with E-state index in [0.29, 0.717) is 0 Å². The van der Waals surface area contributed by atoms with Crippen molar-refractivity contribution in [1.82, 2.24) is 9.94 Å². The molecule has 1 heterocycles. The third-order valence-electron chi connectivity index (χ3n) is 0.490. The molecule has 1 rings (SSSR count). The number of aromatic nitrogens is 2. The Morgan fingerprint density at radius 1 is 1.57 bits per heavy atom. The fourth-order valence-corrected chi connectivity index (χ4v) is 0.261. The van der Waals surface area contributed by atoms with Crippen molar-refractivity contribution in [2.75, 3.05) is 0 Å². The molecule has 1 aromatic rings. The Hall–Kier alpha value is -0.471. The molecule has 1 aromatic heterocycles. The van der Waals surface area contributed by atoms with Crippen molar-refractivity contribution >= 4 is 0 Å². The van der Waals surface area contributed by atoms with E-state index in [2.05, 4.69) is 5.10 Å². The molecule has 0 atom stereocenters. The van der Waals surface area contributed by atoms with Crippen LogP contribution < -0.4 is 0 Å². The van der Waals surface area contributed by atoms with Crippen molar-refractivity contribution in [2.24, 2.45) is 0 Å². The van der Waals surface area contributed by atoms with E-state index in [1.54, 1.807) is 6.07 Å². The van der Waals surface area contributed by atoms with Crippen molar-refractivity contribution in [2.45, 2.75) is 0 Å². The summed E-state index contributed by atoms with van der Waals surface area (Å²) in [5.74, 6) is 0. The molecule has 0 unspecified atom stereocenters. The smallest absolute Gasteiger partial charge is 0.412 e. The van der Waals surface area contributed by atoms with Gasteiger partial charge in [-0.2, -0.15) is 0 Å². The van der Waals surface area contributed by atoms with Crippen LogP contribution in [0.2, 0.25) is 0 Å². The van der Waals surface area contributed by atoms with Gasteiger partial charge in [0.25, 0.3) is 0 Å². The van der Waals surface area contributed by atoms with E-state index in [0.717, 1.165) is 4.85 Å². The topological polar surface area (TPSA) is 38.0 Å². The minimum absolute atomic E-state index is 0. The third-order valence-corrected chi connectivity index (χ3v) is 0.490. The SMILES string of the molecule is On1cccn1.[Cu+]. The van der Waals surface area contributed by atoms with Crippen molar-refractivity contribution < 1.29 is 22.3 Å². The van der Waals surface area contributed by atoms with E-state index >= 15 is 0 Å². The zero-order chi connectivity index (χ0) is 4.41. The maximum Gasteiger partial charge on any atom is 1.00 e. The molecule has 0 fully saturated rings. The Kier molecular flexibility index (Phi) is 2.48. The van der Waals surface area contributed by atoms with Gasteiger partial charge < -0.3 is 5.21 Å². The first-order chi connectivity index (χ1) is 2.89. The molecule has 0 aliphatic rings. The van der Waals surface area contributed by atoms with Crippen LogP contribution in [0.4, 0.5) is 0 Å².